The maximum absolute atomic E-state index is 14.4. The van der Waals surface area contributed by atoms with Crippen molar-refractivity contribution in [2.45, 2.75) is 90.1 Å². The number of carboxylic acids is 1. The fourth-order valence-corrected chi connectivity index (χ4v) is 11.4. The molecule has 4 aliphatic heterocycles. The predicted octanol–water partition coefficient (Wildman–Crippen LogP) is 10.3. The number of hydrogen-bond donors (Lipinski definition) is 1. The number of halogens is 3. The molecule has 0 amide bonds. The summed E-state index contributed by atoms with van der Waals surface area (Å²) in [7, 11) is 2.11. The topological polar surface area (TPSA) is 169 Å². The first-order valence-corrected chi connectivity index (χ1v) is 28.1. The number of ether oxygens (including phenoxy) is 8. The third kappa shape index (κ3) is 14.9. The molecule has 0 radical (unpaired) electrons. The van der Waals surface area contributed by atoms with Gasteiger partial charge in [-0.15, -0.1) is 11.3 Å². The van der Waals surface area contributed by atoms with Crippen LogP contribution in [0, 0.1) is 19.7 Å². The van der Waals surface area contributed by atoms with E-state index >= 15 is 0 Å². The number of unbranched alkanes of at least 4 members (excludes halogenated alkanes) is 5. The first-order valence-electron chi connectivity index (χ1n) is 26.5. The average molecular weight is 1120 g/mol. The van der Waals surface area contributed by atoms with Gasteiger partial charge in [0, 0.05) is 74.4 Å². The lowest BCUT2D eigenvalue weighted by molar-refractivity contribution is -0.145. The number of aryl methyl sites for hydroxylation is 1. The quantitative estimate of drug-likeness (QED) is 0.0675. The lowest BCUT2D eigenvalue weighted by Crippen LogP contribution is -2.49. The van der Waals surface area contributed by atoms with Gasteiger partial charge < -0.3 is 47.9 Å². The van der Waals surface area contributed by atoms with Crippen LogP contribution in [0.2, 0.25) is 10.0 Å². The summed E-state index contributed by atoms with van der Waals surface area (Å²) in [4.78, 5) is 37.8. The molecule has 10 rings (SSSR count). The molecule has 0 saturated carbocycles. The fraction of sp³-hybridized carbons (Fsp3) is 0.491. The Hall–Kier alpha value is -5.28. The summed E-state index contributed by atoms with van der Waals surface area (Å²) in [6, 6.07) is 13.3. The van der Waals surface area contributed by atoms with Gasteiger partial charge in [0.15, 0.2) is 5.75 Å². The van der Waals surface area contributed by atoms with E-state index in [1.54, 1.807) is 36.5 Å². The van der Waals surface area contributed by atoms with E-state index in [0.717, 1.165) is 83.6 Å². The summed E-state index contributed by atoms with van der Waals surface area (Å²) in [6.07, 6.45) is 8.11. The number of piperazine rings is 1. The van der Waals surface area contributed by atoms with E-state index in [1.807, 2.05) is 19.9 Å². The van der Waals surface area contributed by atoms with Gasteiger partial charge >= 0.3 is 5.97 Å². The molecular formula is C57H67Cl2FN6O10S. The van der Waals surface area contributed by atoms with Gasteiger partial charge in [0.2, 0.25) is 12.0 Å². The smallest absolute Gasteiger partial charge is 0.345 e. The summed E-state index contributed by atoms with van der Waals surface area (Å²) in [5.41, 5.74) is 4.50. The first-order chi connectivity index (χ1) is 37.5. The molecule has 2 saturated heterocycles. The number of carboxylic acid groups (broad SMARTS) is 1. The van der Waals surface area contributed by atoms with Gasteiger partial charge in [0.05, 0.1) is 60.8 Å². The Morgan fingerprint density at radius 1 is 0.844 bits per heavy atom. The molecule has 20 heteroatoms. The van der Waals surface area contributed by atoms with Gasteiger partial charge in [0.1, 0.15) is 59.7 Å². The van der Waals surface area contributed by atoms with Crippen molar-refractivity contribution in [3.63, 3.8) is 0 Å². The lowest BCUT2D eigenvalue weighted by Gasteiger charge is -2.35. The molecule has 0 aliphatic carbocycles. The van der Waals surface area contributed by atoms with Crippen LogP contribution >= 0.6 is 34.5 Å². The Morgan fingerprint density at radius 2 is 1.61 bits per heavy atom. The Bertz CT molecular complexity index is 2890. The molecule has 77 heavy (non-hydrogen) atoms. The number of rotatable bonds is 21. The highest BCUT2D eigenvalue weighted by molar-refractivity contribution is 7.22. The first kappa shape index (κ1) is 56.4. The van der Waals surface area contributed by atoms with Crippen LogP contribution in [0.15, 0.2) is 61.1 Å². The maximum Gasteiger partial charge on any atom is 0.345 e. The van der Waals surface area contributed by atoms with Gasteiger partial charge in [-0.2, -0.15) is 0 Å². The zero-order valence-electron chi connectivity index (χ0n) is 43.9. The number of likely N-dealkylation sites (N-methyl/N-ethyl adjacent to an activating group) is 1. The number of carbonyl (C=O) groups is 1. The number of benzene rings is 3. The second-order valence-electron chi connectivity index (χ2n) is 19.7. The third-order valence-electron chi connectivity index (χ3n) is 14.0. The van der Waals surface area contributed by atoms with E-state index in [1.165, 1.54) is 29.8 Å². The van der Waals surface area contributed by atoms with E-state index in [4.69, 9.17) is 66.1 Å². The number of thiophene rings is 1. The molecule has 16 nitrogen and oxygen atoms in total. The Balaban J connectivity index is 0.920. The largest absolute Gasteiger partial charge is 0.490 e. The zero-order chi connectivity index (χ0) is 53.7. The van der Waals surface area contributed by atoms with Gasteiger partial charge in [0.25, 0.3) is 0 Å². The van der Waals surface area contributed by atoms with Crippen molar-refractivity contribution in [1.29, 1.82) is 0 Å². The zero-order valence-corrected chi connectivity index (χ0v) is 46.2. The van der Waals surface area contributed by atoms with Crippen molar-refractivity contribution >= 4 is 50.7 Å². The molecule has 412 valence electrons. The van der Waals surface area contributed by atoms with Crippen molar-refractivity contribution in [2.75, 3.05) is 92.6 Å². The monoisotopic (exact) mass is 1120 g/mol. The van der Waals surface area contributed by atoms with Gasteiger partial charge in [-0.05, 0) is 92.4 Å². The molecule has 0 unspecified atom stereocenters. The maximum atomic E-state index is 14.4. The van der Waals surface area contributed by atoms with Crippen LogP contribution in [0.1, 0.15) is 66.7 Å². The van der Waals surface area contributed by atoms with Crippen LogP contribution in [0.5, 0.6) is 23.1 Å². The van der Waals surface area contributed by atoms with Gasteiger partial charge in [-0.3, -0.25) is 4.90 Å². The second kappa shape index (κ2) is 27.5. The van der Waals surface area contributed by atoms with Gasteiger partial charge in [-0.25, -0.2) is 29.1 Å². The highest BCUT2D eigenvalue weighted by Gasteiger charge is 2.32. The van der Waals surface area contributed by atoms with E-state index in [2.05, 4.69) is 31.8 Å². The second-order valence-corrected chi connectivity index (χ2v) is 21.5. The van der Waals surface area contributed by atoms with Crippen LogP contribution in [0.4, 0.5) is 4.39 Å². The molecule has 7 heterocycles. The minimum atomic E-state index is -1.46. The fourth-order valence-electron chi connectivity index (χ4n) is 9.77. The molecule has 1 N–H and O–H groups in total. The van der Waals surface area contributed by atoms with E-state index in [-0.39, 0.29) is 31.6 Å². The Labute approximate surface area is 463 Å². The average Bonchev–Trinajstić information content (AvgIpc) is 3.87. The summed E-state index contributed by atoms with van der Waals surface area (Å²) in [6.45, 7) is 12.2. The number of aromatic nitrogens is 4. The normalized spacial score (nSPS) is 18.4. The van der Waals surface area contributed by atoms with E-state index < -0.39 is 24.0 Å². The van der Waals surface area contributed by atoms with Crippen molar-refractivity contribution in [2.24, 2.45) is 0 Å². The van der Waals surface area contributed by atoms with Crippen molar-refractivity contribution in [3.05, 3.63) is 105 Å². The Morgan fingerprint density at radius 3 is 2.38 bits per heavy atom. The summed E-state index contributed by atoms with van der Waals surface area (Å²) >= 11 is 16.0. The van der Waals surface area contributed by atoms with Gasteiger partial charge in [-0.1, -0.05) is 61.0 Å². The molecule has 3 aromatic heterocycles. The molecular weight excluding hydrogens is 1050 g/mol. The van der Waals surface area contributed by atoms with Crippen molar-refractivity contribution in [1.82, 2.24) is 29.7 Å². The van der Waals surface area contributed by atoms with Crippen LogP contribution in [0.3, 0.4) is 0 Å². The standard InChI is InChI=1S/C57H67Cl2FN6O10S/c1-36-48-37(2)52(59)53(51(36)58)75-43(30-66-21-19-65(3)20-22-66)34-73-42-15-16-45(39(28-42)29-46(57(67)68)76-55-50-49(48)54(77-56(50)63-35-62-55)38-11-13-40(60)14-12-38)74-31-41-17-18-61-47(64-41)10-8-6-4-5-7-9-23-69-24-25-70-32-44-33-71-26-27-72-44/h11-18,28,35,43-44,46H,4-10,19-27,29-34H2,1-3H3,(H,67,68)/t43-,44+,46-/m1/s1. The van der Waals surface area contributed by atoms with Crippen LogP contribution in [-0.2, 0) is 43.2 Å². The highest BCUT2D eigenvalue weighted by atomic mass is 35.5. The third-order valence-corrected chi connectivity index (χ3v) is 16.1. The molecule has 2 fully saturated rings. The van der Waals surface area contributed by atoms with E-state index in [0.29, 0.717) is 128 Å². The number of aliphatic carboxylic acids is 1. The minimum Gasteiger partial charge on any atom is -0.490 e. The van der Waals surface area contributed by atoms with E-state index in [9.17, 15) is 14.3 Å². The summed E-state index contributed by atoms with van der Waals surface area (Å²) in [5.74, 6) is 0.370. The summed E-state index contributed by atoms with van der Waals surface area (Å²) < 4.78 is 63.2. The molecule has 6 aromatic rings. The van der Waals surface area contributed by atoms with Crippen LogP contribution in [-0.4, -0.2) is 152 Å². The Kier molecular flexibility index (Phi) is 20.2. The minimum absolute atomic E-state index is 0.0138. The highest BCUT2D eigenvalue weighted by Crippen LogP contribution is 2.53. The molecule has 3 aromatic carbocycles. The summed E-state index contributed by atoms with van der Waals surface area (Å²) in [5, 5.41) is 12.0. The number of fused-ring (bicyclic) bond motifs is 7. The SMILES string of the molecule is Cc1c(Cl)c2c(Cl)c(C)c1-c1c(-c3ccc(F)cc3)sc3ncnc(c13)O[C@@H](C(=O)O)Cc1cc(ccc1OCc1ccnc(CCCCCCCCOCCOC[C@H]3COCCO3)n1)OC[C@@H](CN1CCN(C)CC1)O2. The molecule has 4 bridgehead atoms. The van der Waals surface area contributed by atoms with Crippen LogP contribution in [0.25, 0.3) is 31.8 Å². The molecule has 0 spiro atoms. The predicted molar refractivity (Wildman–Crippen MR) is 294 cm³/mol. The van der Waals surface area contributed by atoms with Crippen molar-refractivity contribution < 1.29 is 52.2 Å². The molecule has 4 aliphatic rings. The lowest BCUT2D eigenvalue weighted by atomic mass is 9.92. The number of hydrogen-bond acceptors (Lipinski definition) is 16. The van der Waals surface area contributed by atoms with Crippen LogP contribution < -0.4 is 18.9 Å². The molecule has 3 atom stereocenters. The van der Waals surface area contributed by atoms with Crippen molar-refractivity contribution in [3.8, 4) is 44.7 Å². The number of nitrogens with zero attached hydrogens (tertiary/aromatic N) is 6.